The lowest BCUT2D eigenvalue weighted by atomic mass is 9.73. The minimum Gasteiger partial charge on any atom is -0.454 e. The van der Waals surface area contributed by atoms with Gasteiger partial charge in [-0.25, -0.2) is 4.39 Å². The van der Waals surface area contributed by atoms with E-state index in [0.29, 0.717) is 42.8 Å². The number of allylic oxidation sites excluding steroid dienone is 1. The average molecular weight is 689 g/mol. The van der Waals surface area contributed by atoms with E-state index in [2.05, 4.69) is 30.1 Å². The maximum absolute atomic E-state index is 15.3. The zero-order valence-corrected chi connectivity index (χ0v) is 28.9. The van der Waals surface area contributed by atoms with Crippen molar-refractivity contribution in [2.45, 2.75) is 39.3 Å². The van der Waals surface area contributed by atoms with Crippen molar-refractivity contribution < 1.29 is 28.2 Å². The van der Waals surface area contributed by atoms with Crippen LogP contribution < -0.4 is 24.4 Å². The smallest absolute Gasteiger partial charge is 0.242 e. The quantitative estimate of drug-likeness (QED) is 0.217. The van der Waals surface area contributed by atoms with Gasteiger partial charge in [0.2, 0.25) is 12.7 Å². The minimum atomic E-state index is -0.658. The lowest BCUT2D eigenvalue weighted by Gasteiger charge is -2.40. The summed E-state index contributed by atoms with van der Waals surface area (Å²) in [4.78, 5) is 34.8. The Balaban J connectivity index is 1.10. The van der Waals surface area contributed by atoms with Crippen LogP contribution in [0.4, 0.5) is 15.8 Å². The van der Waals surface area contributed by atoms with E-state index in [9.17, 15) is 9.59 Å². The topological polar surface area (TPSA) is 83.6 Å². The number of nitrogens with one attached hydrogen (secondary N) is 1. The van der Waals surface area contributed by atoms with Gasteiger partial charge in [-0.2, -0.15) is 0 Å². The van der Waals surface area contributed by atoms with Crippen LogP contribution in [0, 0.1) is 11.2 Å². The Kier molecular flexibility index (Phi) is 8.63. The fraction of sp³-hybridized carbons (Fsp3) is 0.317. The summed E-state index contributed by atoms with van der Waals surface area (Å²) in [5.41, 5.74) is 4.60. The molecule has 9 nitrogen and oxygen atoms in total. The van der Waals surface area contributed by atoms with Gasteiger partial charge in [-0.3, -0.25) is 14.5 Å². The molecule has 4 aliphatic rings. The number of benzene rings is 4. The Morgan fingerprint density at radius 3 is 2.49 bits per heavy atom. The summed E-state index contributed by atoms with van der Waals surface area (Å²) in [6.07, 6.45) is 1.02. The van der Waals surface area contributed by atoms with Crippen LogP contribution in [0.2, 0.25) is 0 Å². The van der Waals surface area contributed by atoms with Gasteiger partial charge in [-0.05, 0) is 71.5 Å². The van der Waals surface area contributed by atoms with E-state index in [4.69, 9.17) is 14.2 Å². The van der Waals surface area contributed by atoms with E-state index in [-0.39, 0.29) is 36.2 Å². The molecule has 4 aromatic carbocycles. The molecular weight excluding hydrogens is 647 g/mol. The summed E-state index contributed by atoms with van der Waals surface area (Å²) in [7, 11) is 0. The summed E-state index contributed by atoms with van der Waals surface area (Å²) in [6, 6.07) is 27.0. The molecule has 3 heterocycles. The first-order valence-electron chi connectivity index (χ1n) is 17.5. The van der Waals surface area contributed by atoms with Gasteiger partial charge in [0, 0.05) is 50.4 Å². The van der Waals surface area contributed by atoms with Crippen molar-refractivity contribution in [1.82, 2.24) is 9.80 Å². The molecule has 10 heteroatoms. The summed E-state index contributed by atoms with van der Waals surface area (Å²) in [5, 5.41) is 3.60. The Bertz CT molecular complexity index is 2010. The van der Waals surface area contributed by atoms with Gasteiger partial charge >= 0.3 is 0 Å². The Labute approximate surface area is 297 Å². The van der Waals surface area contributed by atoms with Gasteiger partial charge in [0.15, 0.2) is 28.8 Å². The number of halogens is 1. The highest BCUT2D eigenvalue weighted by Crippen LogP contribution is 2.49. The van der Waals surface area contributed by atoms with Gasteiger partial charge in [0.1, 0.15) is 5.75 Å². The highest BCUT2D eigenvalue weighted by Gasteiger charge is 2.42. The molecule has 1 unspecified atom stereocenters. The fourth-order valence-electron chi connectivity index (χ4n) is 7.66. The molecule has 1 aliphatic carbocycles. The van der Waals surface area contributed by atoms with Crippen LogP contribution in [0.1, 0.15) is 43.9 Å². The number of rotatable bonds is 7. The first kappa shape index (κ1) is 32.8. The van der Waals surface area contributed by atoms with E-state index in [1.807, 2.05) is 64.4 Å². The van der Waals surface area contributed by atoms with E-state index in [0.717, 1.165) is 53.8 Å². The molecule has 0 aromatic heterocycles. The molecule has 3 aliphatic heterocycles. The molecule has 1 amide bonds. The number of amides is 1. The molecule has 1 atom stereocenters. The second kappa shape index (κ2) is 13.4. The first-order valence-corrected chi connectivity index (χ1v) is 17.5. The number of ether oxygens (including phenoxy) is 3. The predicted octanol–water partition coefficient (Wildman–Crippen LogP) is 7.31. The SMILES string of the molecule is CC1(C)CC(=O)C2=C(C1)Nc1ccccc1N(CC(=O)N1CCN(Cc3ccc4c(c3)OCO4)CC1)C2c1ccc(F)c(Oc2ccccc2)c1. The van der Waals surface area contributed by atoms with Crippen LogP contribution in [0.3, 0.4) is 0 Å². The largest absolute Gasteiger partial charge is 0.454 e. The Hall–Kier alpha value is -5.35. The lowest BCUT2D eigenvalue weighted by molar-refractivity contribution is -0.131. The number of anilines is 2. The van der Waals surface area contributed by atoms with Gasteiger partial charge in [-0.15, -0.1) is 0 Å². The molecule has 51 heavy (non-hydrogen) atoms. The number of hydrogen-bond acceptors (Lipinski definition) is 8. The number of hydrogen-bond donors (Lipinski definition) is 1. The number of ketones is 1. The standard InChI is InChI=1S/C41H41FN4O5/c1-41(2)22-32-39(34(47)23-41)40(28-13-14-30(42)36(21-28)51-29-8-4-3-5-9-29)46(33-11-7-6-10-31(33)43-32)25-38(48)45-18-16-44(17-19-45)24-27-12-15-35-37(20-27)50-26-49-35/h3-15,20-21,40,43H,16-19,22-26H2,1-2H3. The maximum atomic E-state index is 15.3. The summed E-state index contributed by atoms with van der Waals surface area (Å²) < 4.78 is 32.4. The molecule has 1 N–H and O–H groups in total. The molecule has 0 radical (unpaired) electrons. The van der Waals surface area contributed by atoms with Crippen molar-refractivity contribution >= 4 is 23.1 Å². The van der Waals surface area contributed by atoms with Crippen molar-refractivity contribution in [1.29, 1.82) is 0 Å². The lowest BCUT2D eigenvalue weighted by Crippen LogP contribution is -2.51. The van der Waals surface area contributed by atoms with Gasteiger partial charge in [-0.1, -0.05) is 56.3 Å². The number of para-hydroxylation sites is 3. The van der Waals surface area contributed by atoms with Crippen molar-refractivity contribution in [3.05, 3.63) is 119 Å². The molecule has 0 saturated carbocycles. The molecule has 8 rings (SSSR count). The third kappa shape index (κ3) is 6.76. The van der Waals surface area contributed by atoms with Gasteiger partial charge in [0.05, 0.1) is 24.0 Å². The molecule has 262 valence electrons. The number of carbonyl (C=O) groups excluding carboxylic acids is 2. The third-order valence-electron chi connectivity index (χ3n) is 10.1. The minimum absolute atomic E-state index is 0.0102. The molecule has 1 saturated heterocycles. The first-order chi connectivity index (χ1) is 24.7. The van der Waals surface area contributed by atoms with E-state index in [1.165, 1.54) is 6.07 Å². The number of Topliss-reactive ketones (excluding diaryl/α,β-unsaturated/α-hetero) is 1. The molecule has 0 spiro atoms. The Morgan fingerprint density at radius 2 is 1.67 bits per heavy atom. The van der Waals surface area contributed by atoms with Crippen molar-refractivity contribution in [3.8, 4) is 23.0 Å². The fourth-order valence-corrected chi connectivity index (χ4v) is 7.66. The van der Waals surface area contributed by atoms with Crippen LogP contribution in [-0.2, 0) is 16.1 Å². The maximum Gasteiger partial charge on any atom is 0.242 e. The van der Waals surface area contributed by atoms with Crippen molar-refractivity contribution in [2.75, 3.05) is 49.7 Å². The van der Waals surface area contributed by atoms with E-state index >= 15 is 4.39 Å². The van der Waals surface area contributed by atoms with Gasteiger partial charge < -0.3 is 29.3 Å². The molecule has 4 aromatic rings. The second-order valence-electron chi connectivity index (χ2n) is 14.5. The van der Waals surface area contributed by atoms with Crippen LogP contribution >= 0.6 is 0 Å². The molecule has 0 bridgehead atoms. The third-order valence-corrected chi connectivity index (χ3v) is 10.1. The summed E-state index contributed by atoms with van der Waals surface area (Å²) >= 11 is 0. The number of piperazine rings is 1. The molecular formula is C41H41FN4O5. The van der Waals surface area contributed by atoms with Crippen LogP contribution in [0.25, 0.3) is 0 Å². The highest BCUT2D eigenvalue weighted by atomic mass is 19.1. The predicted molar refractivity (Wildman–Crippen MR) is 193 cm³/mol. The van der Waals surface area contributed by atoms with Crippen molar-refractivity contribution in [3.63, 3.8) is 0 Å². The van der Waals surface area contributed by atoms with Crippen LogP contribution in [0.5, 0.6) is 23.0 Å². The van der Waals surface area contributed by atoms with Crippen LogP contribution in [-0.4, -0.2) is 61.0 Å². The summed E-state index contributed by atoms with van der Waals surface area (Å²) in [5.74, 6) is 1.55. The zero-order chi connectivity index (χ0) is 35.1. The number of carbonyl (C=O) groups is 2. The monoisotopic (exact) mass is 688 g/mol. The zero-order valence-electron chi connectivity index (χ0n) is 28.9. The molecule has 1 fully saturated rings. The van der Waals surface area contributed by atoms with Gasteiger partial charge in [0.25, 0.3) is 0 Å². The second-order valence-corrected chi connectivity index (χ2v) is 14.5. The Morgan fingerprint density at radius 1 is 0.902 bits per heavy atom. The highest BCUT2D eigenvalue weighted by molar-refractivity contribution is 6.02. The van der Waals surface area contributed by atoms with Crippen molar-refractivity contribution in [2.24, 2.45) is 5.41 Å². The van der Waals surface area contributed by atoms with E-state index in [1.54, 1.807) is 24.3 Å². The number of fused-ring (bicyclic) bond motifs is 2. The van der Waals surface area contributed by atoms with E-state index < -0.39 is 11.9 Å². The number of nitrogens with zero attached hydrogens (tertiary/aromatic N) is 3. The average Bonchev–Trinajstić information content (AvgIpc) is 3.54. The van der Waals surface area contributed by atoms with Crippen LogP contribution in [0.15, 0.2) is 102 Å². The normalized spacial score (nSPS) is 19.6. The summed E-state index contributed by atoms with van der Waals surface area (Å²) in [6.45, 7) is 7.82.